The standard InChI is InChI=1S/C22H29N3O5S/c1-2-3-4-8-20(26)30-15-24-13-9-16-17(21(24)27)6-5-7-18(16)31(28,29)25-14-10-19(23)22(25)11-12-22/h5-7,9,13,19H,2-4,8,10-12,14-15,23H2,1H3/t19-/m0/s1. The van der Waals surface area contributed by atoms with E-state index in [1.165, 1.54) is 21.1 Å². The highest BCUT2D eigenvalue weighted by Crippen LogP contribution is 2.51. The molecule has 9 heteroatoms. The summed E-state index contributed by atoms with van der Waals surface area (Å²) < 4.78 is 35.0. The van der Waals surface area contributed by atoms with Crippen LogP contribution in [0.3, 0.4) is 0 Å². The molecule has 8 nitrogen and oxygen atoms in total. The molecule has 1 saturated heterocycles. The summed E-state index contributed by atoms with van der Waals surface area (Å²) in [4.78, 5) is 24.9. The molecular weight excluding hydrogens is 418 g/mol. The number of fused-ring (bicyclic) bond motifs is 1. The molecule has 2 fully saturated rings. The first-order valence-corrected chi connectivity index (χ1v) is 12.3. The molecule has 168 valence electrons. The first-order chi connectivity index (χ1) is 14.8. The number of benzene rings is 1. The third-order valence-electron chi connectivity index (χ3n) is 6.49. The van der Waals surface area contributed by atoms with Crippen molar-refractivity contribution < 1.29 is 17.9 Å². The van der Waals surface area contributed by atoms with Crippen molar-refractivity contribution in [3.8, 4) is 0 Å². The van der Waals surface area contributed by atoms with Crippen LogP contribution >= 0.6 is 0 Å². The van der Waals surface area contributed by atoms with Crippen LogP contribution in [0.15, 0.2) is 40.2 Å². The second-order valence-corrected chi connectivity index (χ2v) is 10.3. The van der Waals surface area contributed by atoms with Crippen LogP contribution < -0.4 is 11.3 Å². The van der Waals surface area contributed by atoms with Crippen LogP contribution in [0.1, 0.15) is 51.9 Å². The second kappa shape index (κ2) is 8.37. The van der Waals surface area contributed by atoms with E-state index in [0.29, 0.717) is 24.8 Å². The summed E-state index contributed by atoms with van der Waals surface area (Å²) in [6.45, 7) is 2.25. The molecule has 2 aliphatic rings. The van der Waals surface area contributed by atoms with Crippen LogP contribution in [0.2, 0.25) is 0 Å². The molecule has 1 aromatic heterocycles. The molecule has 1 spiro atoms. The Kier molecular flexibility index (Phi) is 5.93. The van der Waals surface area contributed by atoms with Gasteiger partial charge >= 0.3 is 5.97 Å². The molecule has 2 N–H and O–H groups in total. The molecule has 2 aromatic rings. The van der Waals surface area contributed by atoms with Gasteiger partial charge in [0.1, 0.15) is 0 Å². The average Bonchev–Trinajstić information content (AvgIpc) is 3.47. The Morgan fingerprint density at radius 1 is 1.23 bits per heavy atom. The maximum atomic E-state index is 13.5. The summed E-state index contributed by atoms with van der Waals surface area (Å²) >= 11 is 0. The number of esters is 1. The number of ether oxygens (including phenoxy) is 1. The van der Waals surface area contributed by atoms with E-state index in [9.17, 15) is 18.0 Å². The Morgan fingerprint density at radius 3 is 2.71 bits per heavy atom. The zero-order valence-electron chi connectivity index (χ0n) is 17.7. The van der Waals surface area contributed by atoms with E-state index in [0.717, 1.165) is 32.1 Å². The fourth-order valence-electron chi connectivity index (χ4n) is 4.51. The van der Waals surface area contributed by atoms with Gasteiger partial charge in [0.15, 0.2) is 6.73 Å². The monoisotopic (exact) mass is 447 g/mol. The smallest absolute Gasteiger partial charge is 0.307 e. The highest BCUT2D eigenvalue weighted by atomic mass is 32.2. The first kappa shape index (κ1) is 22.0. The normalized spacial score (nSPS) is 20.4. The van der Waals surface area contributed by atoms with Crippen molar-refractivity contribution in [3.63, 3.8) is 0 Å². The van der Waals surface area contributed by atoms with E-state index < -0.39 is 21.1 Å². The van der Waals surface area contributed by atoms with Crippen LogP contribution in [0, 0.1) is 0 Å². The van der Waals surface area contributed by atoms with Gasteiger partial charge in [-0.15, -0.1) is 0 Å². The van der Waals surface area contributed by atoms with Crippen molar-refractivity contribution in [2.45, 2.75) is 75.1 Å². The molecule has 4 rings (SSSR count). The Labute approximate surface area is 182 Å². The molecule has 0 radical (unpaired) electrons. The predicted octanol–water partition coefficient (Wildman–Crippen LogP) is 2.34. The van der Waals surface area contributed by atoms with Crippen molar-refractivity contribution in [1.29, 1.82) is 0 Å². The van der Waals surface area contributed by atoms with Crippen LogP contribution in [-0.2, 0) is 26.3 Å². The topological polar surface area (TPSA) is 112 Å². The lowest BCUT2D eigenvalue weighted by molar-refractivity contribution is -0.147. The number of hydrogen-bond acceptors (Lipinski definition) is 6. The number of rotatable bonds is 8. The number of carbonyl (C=O) groups is 1. The quantitative estimate of drug-likeness (QED) is 0.491. The van der Waals surface area contributed by atoms with Gasteiger partial charge in [0, 0.05) is 36.0 Å². The lowest BCUT2D eigenvalue weighted by atomic mass is 10.1. The molecule has 0 bridgehead atoms. The first-order valence-electron chi connectivity index (χ1n) is 10.9. The molecule has 1 aliphatic heterocycles. The zero-order valence-corrected chi connectivity index (χ0v) is 18.6. The second-order valence-electron chi connectivity index (χ2n) is 8.49. The van der Waals surface area contributed by atoms with Crippen molar-refractivity contribution >= 4 is 26.8 Å². The summed E-state index contributed by atoms with van der Waals surface area (Å²) in [6.07, 6.45) is 6.69. The minimum absolute atomic E-state index is 0.117. The van der Waals surface area contributed by atoms with Gasteiger partial charge in [-0.05, 0) is 43.9 Å². The lowest BCUT2D eigenvalue weighted by Crippen LogP contribution is -2.44. The van der Waals surface area contributed by atoms with Gasteiger partial charge in [0.25, 0.3) is 5.56 Å². The average molecular weight is 448 g/mol. The number of unbranched alkanes of at least 4 members (excludes halogenated alkanes) is 2. The fraction of sp³-hybridized carbons (Fsp3) is 0.545. The van der Waals surface area contributed by atoms with Gasteiger partial charge in [-0.25, -0.2) is 8.42 Å². The van der Waals surface area contributed by atoms with Crippen LogP contribution in [-0.4, -0.2) is 41.4 Å². The van der Waals surface area contributed by atoms with Crippen LogP contribution in [0.25, 0.3) is 10.8 Å². The summed E-state index contributed by atoms with van der Waals surface area (Å²) in [7, 11) is -3.79. The maximum Gasteiger partial charge on any atom is 0.307 e. The van der Waals surface area contributed by atoms with Crippen molar-refractivity contribution in [2.75, 3.05) is 6.54 Å². The largest absolute Gasteiger partial charge is 0.444 e. The number of sulfonamides is 1. The molecule has 31 heavy (non-hydrogen) atoms. The number of pyridine rings is 1. The summed E-state index contributed by atoms with van der Waals surface area (Å²) in [5.41, 5.74) is 5.33. The van der Waals surface area contributed by atoms with Crippen molar-refractivity contribution in [2.24, 2.45) is 5.73 Å². The van der Waals surface area contributed by atoms with E-state index in [1.807, 2.05) is 0 Å². The third kappa shape index (κ3) is 3.90. The minimum Gasteiger partial charge on any atom is -0.444 e. The lowest BCUT2D eigenvalue weighted by Gasteiger charge is -2.26. The summed E-state index contributed by atoms with van der Waals surface area (Å²) in [5.74, 6) is -0.350. The van der Waals surface area contributed by atoms with E-state index in [4.69, 9.17) is 10.5 Å². The summed E-state index contributed by atoms with van der Waals surface area (Å²) in [5, 5.41) is 0.647. The highest BCUT2D eigenvalue weighted by Gasteiger charge is 2.60. The molecule has 1 atom stereocenters. The molecular formula is C22H29N3O5S. The van der Waals surface area contributed by atoms with Gasteiger partial charge in [0.05, 0.1) is 10.4 Å². The van der Waals surface area contributed by atoms with Gasteiger partial charge < -0.3 is 10.5 Å². The van der Waals surface area contributed by atoms with E-state index in [2.05, 4.69) is 6.92 Å². The molecule has 1 aromatic carbocycles. The van der Waals surface area contributed by atoms with E-state index in [-0.39, 0.29) is 29.0 Å². The number of nitrogens with zero attached hydrogens (tertiary/aromatic N) is 2. The van der Waals surface area contributed by atoms with Crippen LogP contribution in [0.4, 0.5) is 0 Å². The van der Waals surface area contributed by atoms with Crippen molar-refractivity contribution in [1.82, 2.24) is 8.87 Å². The number of aromatic nitrogens is 1. The Hall–Kier alpha value is -2.23. The molecule has 1 saturated carbocycles. The Bertz CT molecular complexity index is 1150. The fourth-order valence-corrected chi connectivity index (χ4v) is 6.59. The van der Waals surface area contributed by atoms with Gasteiger partial charge in [-0.3, -0.25) is 14.2 Å². The Morgan fingerprint density at radius 2 is 2.00 bits per heavy atom. The predicted molar refractivity (Wildman–Crippen MR) is 117 cm³/mol. The van der Waals surface area contributed by atoms with Gasteiger partial charge in [-0.2, -0.15) is 4.31 Å². The van der Waals surface area contributed by atoms with Crippen molar-refractivity contribution in [3.05, 3.63) is 40.8 Å². The maximum absolute atomic E-state index is 13.5. The molecule has 1 aliphatic carbocycles. The number of carbonyl (C=O) groups excluding carboxylic acids is 1. The zero-order chi connectivity index (χ0) is 22.2. The summed E-state index contributed by atoms with van der Waals surface area (Å²) in [6, 6.07) is 6.16. The minimum atomic E-state index is -3.79. The SMILES string of the molecule is CCCCCC(=O)OCn1ccc2c(S(=O)(=O)N3CC[C@H](N)C34CC4)cccc2c1=O. The van der Waals surface area contributed by atoms with Crippen LogP contribution in [0.5, 0.6) is 0 Å². The van der Waals surface area contributed by atoms with E-state index in [1.54, 1.807) is 18.2 Å². The van der Waals surface area contributed by atoms with E-state index >= 15 is 0 Å². The van der Waals surface area contributed by atoms with Gasteiger partial charge in [-0.1, -0.05) is 25.8 Å². The molecule has 2 heterocycles. The number of hydrogen-bond donors (Lipinski definition) is 1. The van der Waals surface area contributed by atoms with Gasteiger partial charge in [0.2, 0.25) is 10.0 Å². The third-order valence-corrected chi connectivity index (χ3v) is 8.53. The molecule has 0 unspecified atom stereocenters. The Balaban J connectivity index is 1.61. The molecule has 0 amide bonds. The number of nitrogens with two attached hydrogens (primary N) is 1. The highest BCUT2D eigenvalue weighted by molar-refractivity contribution is 7.89.